The number of nitro groups is 1. The number of hydrogen-bond donors (Lipinski definition) is 0. The summed E-state index contributed by atoms with van der Waals surface area (Å²) in [7, 11) is 0.250. The molecule has 2 rings (SSSR count). The van der Waals surface area contributed by atoms with Gasteiger partial charge in [0.1, 0.15) is 0 Å². The lowest BCUT2D eigenvalue weighted by Crippen LogP contribution is -2.22. The van der Waals surface area contributed by atoms with Gasteiger partial charge in [0.05, 0.1) is 28.6 Å². The van der Waals surface area contributed by atoms with Crippen LogP contribution in [0, 0.1) is 10.1 Å². The van der Waals surface area contributed by atoms with Gasteiger partial charge in [0.25, 0.3) is 5.69 Å². The second-order valence-electron chi connectivity index (χ2n) is 6.21. The molecule has 0 aliphatic rings. The van der Waals surface area contributed by atoms with Gasteiger partial charge in [-0.15, -0.1) is 0 Å². The van der Waals surface area contributed by atoms with Gasteiger partial charge in [-0.2, -0.15) is 8.78 Å². The Bertz CT molecular complexity index is 1110. The minimum Gasteiger partial charge on any atom is -0.493 e. The van der Waals surface area contributed by atoms with Gasteiger partial charge in [-0.05, 0) is 42.5 Å². The van der Waals surface area contributed by atoms with Crippen molar-refractivity contribution in [3.63, 3.8) is 0 Å². The summed E-state index contributed by atoms with van der Waals surface area (Å²) in [5.74, 6) is -1.27. The molecule has 0 aromatic heterocycles. The summed E-state index contributed by atoms with van der Waals surface area (Å²) in [6, 6.07) is 6.99. The summed E-state index contributed by atoms with van der Waals surface area (Å²) in [6.07, 6.45) is 2.16. The van der Waals surface area contributed by atoms with Crippen LogP contribution in [0.3, 0.4) is 0 Å². The topological polar surface area (TPSA) is 116 Å². The van der Waals surface area contributed by atoms with E-state index >= 15 is 0 Å². The maximum absolute atomic E-state index is 12.5. The molecule has 9 nitrogen and oxygen atoms in total. The quantitative estimate of drug-likeness (QED) is 0.246. The lowest BCUT2D eigenvalue weighted by Gasteiger charge is -2.11. The van der Waals surface area contributed by atoms with E-state index in [0.717, 1.165) is 28.6 Å². The molecule has 0 spiro atoms. The zero-order valence-electron chi connectivity index (χ0n) is 16.6. The van der Waals surface area contributed by atoms with Crippen molar-refractivity contribution in [2.24, 2.45) is 0 Å². The fraction of sp³-hybridized carbons (Fsp3) is 0.211. The zero-order chi connectivity index (χ0) is 23.3. The number of ketones is 1. The molecular weight excluding hydrogens is 438 g/mol. The van der Waals surface area contributed by atoms with Crippen LogP contribution in [0.4, 0.5) is 14.5 Å². The molecule has 0 aliphatic carbocycles. The molecule has 0 fully saturated rings. The first-order chi connectivity index (χ1) is 14.5. The van der Waals surface area contributed by atoms with Gasteiger partial charge in [-0.3, -0.25) is 14.9 Å². The third-order valence-corrected chi connectivity index (χ3v) is 5.89. The summed E-state index contributed by atoms with van der Waals surface area (Å²) in [4.78, 5) is 22.9. The number of alkyl halides is 2. The highest BCUT2D eigenvalue weighted by Crippen LogP contribution is 2.36. The first kappa shape index (κ1) is 23.9. The third kappa shape index (κ3) is 5.61. The van der Waals surface area contributed by atoms with Crippen LogP contribution in [0.2, 0.25) is 0 Å². The van der Waals surface area contributed by atoms with Crippen LogP contribution in [0.25, 0.3) is 6.08 Å². The van der Waals surface area contributed by atoms with Crippen molar-refractivity contribution >= 4 is 27.6 Å². The van der Waals surface area contributed by atoms with Crippen molar-refractivity contribution in [3.8, 4) is 11.5 Å². The molecule has 12 heteroatoms. The van der Waals surface area contributed by atoms with Crippen LogP contribution in [-0.4, -0.2) is 51.2 Å². The molecule has 2 aromatic carbocycles. The van der Waals surface area contributed by atoms with Gasteiger partial charge < -0.3 is 9.47 Å². The maximum atomic E-state index is 12.5. The van der Waals surface area contributed by atoms with Crippen LogP contribution in [0.15, 0.2) is 47.4 Å². The average molecular weight is 456 g/mol. The maximum Gasteiger partial charge on any atom is 0.387 e. The standard InChI is InChI=1S/C19H18F2N2O7S/c1-22(2)31(27,28)14-7-4-12(5-8-14)16(24)9-6-13-10-17(29-3)18(30-19(20)21)11-15(13)23(25)26/h4-11,19H,1-3H3/b9-6+. The van der Waals surface area contributed by atoms with Crippen molar-refractivity contribution in [2.45, 2.75) is 11.5 Å². The van der Waals surface area contributed by atoms with Crippen LogP contribution in [0.1, 0.15) is 15.9 Å². The van der Waals surface area contributed by atoms with Crippen molar-refractivity contribution in [2.75, 3.05) is 21.2 Å². The van der Waals surface area contributed by atoms with E-state index in [1.165, 1.54) is 45.5 Å². The molecule has 166 valence electrons. The van der Waals surface area contributed by atoms with Gasteiger partial charge >= 0.3 is 6.61 Å². The summed E-state index contributed by atoms with van der Waals surface area (Å²) >= 11 is 0. The highest BCUT2D eigenvalue weighted by molar-refractivity contribution is 7.89. The van der Waals surface area contributed by atoms with E-state index in [-0.39, 0.29) is 21.8 Å². The summed E-state index contributed by atoms with van der Waals surface area (Å²) < 4.78 is 59.3. The molecule has 0 N–H and O–H groups in total. The predicted octanol–water partition coefficient (Wildman–Crippen LogP) is 3.35. The summed E-state index contributed by atoms with van der Waals surface area (Å²) in [5, 5.41) is 11.3. The SMILES string of the molecule is COc1cc(/C=C/C(=O)c2ccc(S(=O)(=O)N(C)C)cc2)c([N+](=O)[O-])cc1OC(F)F. The van der Waals surface area contributed by atoms with Crippen LogP contribution < -0.4 is 9.47 Å². The van der Waals surface area contributed by atoms with E-state index in [9.17, 15) is 32.1 Å². The van der Waals surface area contributed by atoms with Crippen LogP contribution >= 0.6 is 0 Å². The Hall–Kier alpha value is -3.38. The first-order valence-electron chi connectivity index (χ1n) is 8.53. The molecule has 2 aromatic rings. The van der Waals surface area contributed by atoms with E-state index < -0.39 is 38.8 Å². The normalized spacial score (nSPS) is 11.8. The summed E-state index contributed by atoms with van der Waals surface area (Å²) in [5.41, 5.74) is -0.516. The molecule has 0 saturated heterocycles. The van der Waals surface area contributed by atoms with E-state index in [1.807, 2.05) is 0 Å². The highest BCUT2D eigenvalue weighted by atomic mass is 32.2. The van der Waals surface area contributed by atoms with Gasteiger partial charge in [-0.25, -0.2) is 12.7 Å². The van der Waals surface area contributed by atoms with E-state index in [1.54, 1.807) is 0 Å². The van der Waals surface area contributed by atoms with E-state index in [0.29, 0.717) is 0 Å². The number of halogens is 2. The lowest BCUT2D eigenvalue weighted by molar-refractivity contribution is -0.385. The number of methoxy groups -OCH3 is 1. The molecule has 0 amide bonds. The molecule has 0 radical (unpaired) electrons. The smallest absolute Gasteiger partial charge is 0.387 e. The number of hydrogen-bond acceptors (Lipinski definition) is 7. The number of carbonyl (C=O) groups is 1. The van der Waals surface area contributed by atoms with Crippen LogP contribution in [-0.2, 0) is 10.0 Å². The average Bonchev–Trinajstić information content (AvgIpc) is 2.71. The zero-order valence-corrected chi connectivity index (χ0v) is 17.4. The molecule has 0 saturated carbocycles. The molecule has 0 heterocycles. The Morgan fingerprint density at radius 3 is 2.26 bits per heavy atom. The van der Waals surface area contributed by atoms with Gasteiger partial charge in [-0.1, -0.05) is 0 Å². The van der Waals surface area contributed by atoms with Gasteiger partial charge in [0, 0.05) is 19.7 Å². The lowest BCUT2D eigenvalue weighted by atomic mass is 10.1. The van der Waals surface area contributed by atoms with Crippen LogP contribution in [0.5, 0.6) is 11.5 Å². The molecule has 31 heavy (non-hydrogen) atoms. The van der Waals surface area contributed by atoms with Crippen molar-refractivity contribution in [3.05, 3.63) is 63.7 Å². The van der Waals surface area contributed by atoms with Crippen molar-refractivity contribution in [1.82, 2.24) is 4.31 Å². The number of carbonyl (C=O) groups excluding carboxylic acids is 1. The molecule has 0 aliphatic heterocycles. The minimum atomic E-state index is -3.66. The Kier molecular flexibility index (Phi) is 7.41. The Balaban J connectivity index is 2.36. The number of benzene rings is 2. The number of sulfonamides is 1. The highest BCUT2D eigenvalue weighted by Gasteiger charge is 2.21. The van der Waals surface area contributed by atoms with Gasteiger partial charge in [0.2, 0.25) is 10.0 Å². The molecule has 0 atom stereocenters. The molecule has 0 bridgehead atoms. The van der Waals surface area contributed by atoms with E-state index in [4.69, 9.17) is 4.74 Å². The number of nitro benzene ring substituents is 1. The molecular formula is C19H18F2N2O7S. The predicted molar refractivity (Wildman–Crippen MR) is 107 cm³/mol. The Morgan fingerprint density at radius 2 is 1.77 bits per heavy atom. The largest absolute Gasteiger partial charge is 0.493 e. The van der Waals surface area contributed by atoms with E-state index in [2.05, 4.69) is 4.74 Å². The van der Waals surface area contributed by atoms with Crippen molar-refractivity contribution in [1.29, 1.82) is 0 Å². The van der Waals surface area contributed by atoms with Gasteiger partial charge in [0.15, 0.2) is 17.3 Å². The second kappa shape index (κ2) is 9.62. The third-order valence-electron chi connectivity index (χ3n) is 4.06. The fourth-order valence-electron chi connectivity index (χ4n) is 2.47. The number of ether oxygens (including phenoxy) is 2. The number of allylic oxidation sites excluding steroid dienone is 1. The Labute approximate surface area is 176 Å². The first-order valence-corrected chi connectivity index (χ1v) is 9.97. The Morgan fingerprint density at radius 1 is 1.16 bits per heavy atom. The number of rotatable bonds is 9. The number of nitrogens with zero attached hydrogens (tertiary/aromatic N) is 2. The molecule has 0 unspecified atom stereocenters. The van der Waals surface area contributed by atoms with Crippen molar-refractivity contribution < 1.29 is 36.4 Å². The fourth-order valence-corrected chi connectivity index (χ4v) is 3.37. The second-order valence-corrected chi connectivity index (χ2v) is 8.36. The minimum absolute atomic E-state index is 0.00646. The monoisotopic (exact) mass is 456 g/mol. The summed E-state index contributed by atoms with van der Waals surface area (Å²) in [6.45, 7) is -3.21.